The van der Waals surface area contributed by atoms with Crippen molar-refractivity contribution in [1.82, 2.24) is 4.98 Å². The molecule has 1 aromatic heterocycles. The van der Waals surface area contributed by atoms with Crippen LogP contribution in [0.25, 0.3) is 10.9 Å². The number of esters is 1. The Morgan fingerprint density at radius 2 is 2.10 bits per heavy atom. The fraction of sp³-hybridized carbons (Fsp3) is 0.375. The van der Waals surface area contributed by atoms with Gasteiger partial charge in [0, 0.05) is 29.7 Å². The van der Waals surface area contributed by atoms with Gasteiger partial charge in [-0.05, 0) is 37.1 Å². The van der Waals surface area contributed by atoms with Gasteiger partial charge in [-0.2, -0.15) is 0 Å². The van der Waals surface area contributed by atoms with E-state index in [1.54, 1.807) is 6.92 Å². The molecule has 5 heteroatoms. The highest BCUT2D eigenvalue weighted by atomic mass is 16.5. The van der Waals surface area contributed by atoms with Crippen LogP contribution in [-0.2, 0) is 14.3 Å². The molecule has 0 aliphatic heterocycles. The van der Waals surface area contributed by atoms with Crippen molar-refractivity contribution in [3.05, 3.63) is 30.0 Å². The Bertz CT molecular complexity index is 661. The number of carbonyl (C=O) groups is 2. The summed E-state index contributed by atoms with van der Waals surface area (Å²) in [7, 11) is 0. The average Bonchev–Trinajstić information content (AvgIpc) is 2.83. The molecule has 2 rings (SSSR count). The summed E-state index contributed by atoms with van der Waals surface area (Å²) >= 11 is 0. The van der Waals surface area contributed by atoms with Gasteiger partial charge >= 0.3 is 5.97 Å². The van der Waals surface area contributed by atoms with Crippen LogP contribution in [0, 0.1) is 0 Å². The van der Waals surface area contributed by atoms with E-state index in [-0.39, 0.29) is 17.8 Å². The number of carbonyl (C=O) groups excluding carboxylic acids is 2. The summed E-state index contributed by atoms with van der Waals surface area (Å²) in [5.41, 5.74) is 2.55. The maximum atomic E-state index is 12.1. The largest absolute Gasteiger partial charge is 0.466 e. The predicted molar refractivity (Wildman–Crippen MR) is 82.3 cm³/mol. The fourth-order valence-electron chi connectivity index (χ4n) is 2.47. The highest BCUT2D eigenvalue weighted by Crippen LogP contribution is 2.30. The van der Waals surface area contributed by atoms with E-state index in [2.05, 4.69) is 10.3 Å². The molecule has 1 atom stereocenters. The quantitative estimate of drug-likeness (QED) is 0.830. The summed E-state index contributed by atoms with van der Waals surface area (Å²) in [5, 5.41) is 3.69. The van der Waals surface area contributed by atoms with Crippen LogP contribution in [0.15, 0.2) is 24.4 Å². The molecule has 0 bridgehead atoms. The molecule has 2 aromatic rings. The molecule has 112 valence electrons. The van der Waals surface area contributed by atoms with Gasteiger partial charge in [0.1, 0.15) is 0 Å². The summed E-state index contributed by atoms with van der Waals surface area (Å²) in [5.74, 6) is -0.638. The average molecular weight is 288 g/mol. The maximum Gasteiger partial charge on any atom is 0.313 e. The van der Waals surface area contributed by atoms with Gasteiger partial charge in [-0.25, -0.2) is 0 Å². The van der Waals surface area contributed by atoms with Crippen LogP contribution in [0.5, 0.6) is 0 Å². The first-order valence-electron chi connectivity index (χ1n) is 7.12. The zero-order valence-corrected chi connectivity index (χ0v) is 12.5. The molecule has 0 aliphatic rings. The fourth-order valence-corrected chi connectivity index (χ4v) is 2.47. The molecule has 5 nitrogen and oxygen atoms in total. The van der Waals surface area contributed by atoms with E-state index in [1.165, 1.54) is 6.92 Å². The van der Waals surface area contributed by atoms with E-state index in [4.69, 9.17) is 4.74 Å². The number of hydrogen-bond donors (Lipinski definition) is 2. The first-order valence-corrected chi connectivity index (χ1v) is 7.12. The van der Waals surface area contributed by atoms with Crippen molar-refractivity contribution < 1.29 is 14.3 Å². The van der Waals surface area contributed by atoms with Gasteiger partial charge in [0.15, 0.2) is 0 Å². The van der Waals surface area contributed by atoms with E-state index in [0.717, 1.165) is 22.2 Å². The number of aromatic amines is 1. The highest BCUT2D eigenvalue weighted by Gasteiger charge is 2.23. The number of rotatable bonds is 5. The van der Waals surface area contributed by atoms with Gasteiger partial charge in [0.25, 0.3) is 0 Å². The zero-order valence-electron chi connectivity index (χ0n) is 12.5. The second-order valence-electron chi connectivity index (χ2n) is 4.90. The van der Waals surface area contributed by atoms with Crippen LogP contribution in [0.2, 0.25) is 0 Å². The minimum Gasteiger partial charge on any atom is -0.466 e. The summed E-state index contributed by atoms with van der Waals surface area (Å²) in [6.45, 7) is 5.59. The lowest BCUT2D eigenvalue weighted by atomic mass is 9.96. The lowest BCUT2D eigenvalue weighted by molar-refractivity contribution is -0.145. The van der Waals surface area contributed by atoms with Crippen LogP contribution < -0.4 is 5.32 Å². The van der Waals surface area contributed by atoms with E-state index in [1.807, 2.05) is 31.3 Å². The second-order valence-corrected chi connectivity index (χ2v) is 4.90. The van der Waals surface area contributed by atoms with Gasteiger partial charge in [0.2, 0.25) is 5.91 Å². The minimum absolute atomic E-state index is 0.121. The van der Waals surface area contributed by atoms with Crippen LogP contribution in [0.4, 0.5) is 5.69 Å². The van der Waals surface area contributed by atoms with Crippen molar-refractivity contribution in [2.24, 2.45) is 0 Å². The first kappa shape index (κ1) is 15.1. The van der Waals surface area contributed by atoms with Gasteiger partial charge in [0.05, 0.1) is 12.5 Å². The molecule has 0 saturated heterocycles. The molecular weight excluding hydrogens is 268 g/mol. The number of H-pyrrole nitrogens is 1. The Morgan fingerprint density at radius 1 is 1.33 bits per heavy atom. The first-order chi connectivity index (χ1) is 10.1. The Hall–Kier alpha value is -2.30. The smallest absolute Gasteiger partial charge is 0.313 e. The predicted octanol–water partition coefficient (Wildman–Crippen LogP) is 3.18. The number of hydrogen-bond acceptors (Lipinski definition) is 3. The minimum atomic E-state index is -0.300. The van der Waals surface area contributed by atoms with Crippen LogP contribution in [-0.4, -0.2) is 23.5 Å². The van der Waals surface area contributed by atoms with Crippen molar-refractivity contribution in [3.8, 4) is 0 Å². The number of ether oxygens (including phenoxy) is 1. The standard InChI is InChI=1S/C16H20N2O3/c1-4-12(16(20)21-5-2)14-9-17-15-7-6-11(8-13(14)15)18-10(3)19/h6-9,12,17H,4-5H2,1-3H3,(H,18,19). The molecule has 1 aromatic carbocycles. The van der Waals surface area contributed by atoms with E-state index < -0.39 is 0 Å². The van der Waals surface area contributed by atoms with E-state index >= 15 is 0 Å². The number of nitrogens with one attached hydrogen (secondary N) is 2. The molecule has 21 heavy (non-hydrogen) atoms. The lowest BCUT2D eigenvalue weighted by Gasteiger charge is -2.13. The van der Waals surface area contributed by atoms with Crippen molar-refractivity contribution >= 4 is 28.5 Å². The summed E-state index contributed by atoms with van der Waals surface area (Å²) in [4.78, 5) is 26.4. The van der Waals surface area contributed by atoms with Crippen LogP contribution in [0.1, 0.15) is 38.7 Å². The van der Waals surface area contributed by atoms with Gasteiger partial charge in [-0.1, -0.05) is 6.92 Å². The number of fused-ring (bicyclic) bond motifs is 1. The SMILES string of the molecule is CCOC(=O)C(CC)c1c[nH]c2ccc(NC(C)=O)cc12. The third-order valence-corrected chi connectivity index (χ3v) is 3.39. The molecule has 1 amide bonds. The van der Waals surface area contributed by atoms with Crippen LogP contribution >= 0.6 is 0 Å². The van der Waals surface area contributed by atoms with E-state index in [0.29, 0.717) is 13.0 Å². The summed E-state index contributed by atoms with van der Waals surface area (Å²) < 4.78 is 5.14. The molecular formula is C16H20N2O3. The Kier molecular flexibility index (Phi) is 4.62. The van der Waals surface area contributed by atoms with Gasteiger partial charge in [-0.3, -0.25) is 9.59 Å². The lowest BCUT2D eigenvalue weighted by Crippen LogP contribution is -2.15. The van der Waals surface area contributed by atoms with Crippen LogP contribution in [0.3, 0.4) is 0 Å². The number of anilines is 1. The molecule has 2 N–H and O–H groups in total. The number of amides is 1. The molecule has 1 heterocycles. The van der Waals surface area contributed by atoms with Crippen molar-refractivity contribution in [3.63, 3.8) is 0 Å². The normalized spacial score (nSPS) is 12.1. The molecule has 0 radical (unpaired) electrons. The maximum absolute atomic E-state index is 12.1. The monoisotopic (exact) mass is 288 g/mol. The molecule has 0 saturated carbocycles. The van der Waals surface area contributed by atoms with E-state index in [9.17, 15) is 9.59 Å². The zero-order chi connectivity index (χ0) is 15.4. The molecule has 0 aliphatic carbocycles. The highest BCUT2D eigenvalue weighted by molar-refractivity contribution is 5.95. The third kappa shape index (κ3) is 3.24. The number of aromatic nitrogens is 1. The Labute approximate surface area is 123 Å². The molecule has 0 spiro atoms. The second kappa shape index (κ2) is 6.43. The molecule has 1 unspecified atom stereocenters. The van der Waals surface area contributed by atoms with Crippen molar-refractivity contribution in [2.45, 2.75) is 33.1 Å². The molecule has 0 fully saturated rings. The van der Waals surface area contributed by atoms with Gasteiger partial charge < -0.3 is 15.0 Å². The Morgan fingerprint density at radius 3 is 2.71 bits per heavy atom. The number of benzene rings is 1. The summed E-state index contributed by atoms with van der Waals surface area (Å²) in [6, 6.07) is 5.60. The topological polar surface area (TPSA) is 71.2 Å². The summed E-state index contributed by atoms with van der Waals surface area (Å²) in [6.07, 6.45) is 2.50. The Balaban J connectivity index is 2.42. The third-order valence-electron chi connectivity index (χ3n) is 3.39. The van der Waals surface area contributed by atoms with Crippen molar-refractivity contribution in [1.29, 1.82) is 0 Å². The van der Waals surface area contributed by atoms with Crippen molar-refractivity contribution in [2.75, 3.05) is 11.9 Å². The van der Waals surface area contributed by atoms with Gasteiger partial charge in [-0.15, -0.1) is 0 Å².